The maximum absolute atomic E-state index is 11.7. The minimum Gasteiger partial charge on any atom is -0.497 e. The highest BCUT2D eigenvalue weighted by atomic mass is 35.5. The van der Waals surface area contributed by atoms with Gasteiger partial charge in [-0.25, -0.2) is 0 Å². The molecule has 22 heavy (non-hydrogen) atoms. The van der Waals surface area contributed by atoms with E-state index in [0.29, 0.717) is 5.02 Å². The van der Waals surface area contributed by atoms with Crippen LogP contribution < -0.4 is 20.9 Å². The average molecular weight is 323 g/mol. The Kier molecular flexibility index (Phi) is 5.26. The number of carbonyl (C=O) groups is 2. The molecule has 1 aromatic heterocycles. The van der Waals surface area contributed by atoms with E-state index in [4.69, 9.17) is 16.3 Å². The molecule has 0 aliphatic rings. The number of aromatic amines is 1. The molecule has 8 heteroatoms. The van der Waals surface area contributed by atoms with Gasteiger partial charge in [-0.15, -0.1) is 0 Å². The fourth-order valence-electron chi connectivity index (χ4n) is 1.63. The summed E-state index contributed by atoms with van der Waals surface area (Å²) in [6.07, 6.45) is 1.48. The van der Waals surface area contributed by atoms with Crippen molar-refractivity contribution in [3.05, 3.63) is 47.2 Å². The first-order valence-corrected chi connectivity index (χ1v) is 6.77. The summed E-state index contributed by atoms with van der Waals surface area (Å²) in [6.45, 7) is 0.0120. The second kappa shape index (κ2) is 7.37. The van der Waals surface area contributed by atoms with E-state index in [1.807, 2.05) is 0 Å². The molecule has 0 saturated carbocycles. The molecule has 0 atom stereocenters. The number of amides is 2. The van der Waals surface area contributed by atoms with Crippen LogP contribution >= 0.6 is 11.6 Å². The van der Waals surface area contributed by atoms with Crippen LogP contribution in [-0.2, 0) is 4.79 Å². The lowest BCUT2D eigenvalue weighted by Crippen LogP contribution is -2.44. The quantitative estimate of drug-likeness (QED) is 0.628. The standard InChI is InChI=1S/C14H15ClN4O3/c1-22-11-4-2-10(3-5-11)16-8-13(20)18-19-14(21)12-6-9(15)7-17-12/h2-7,16-17H,8H2,1H3,(H,18,20)(H,19,21). The Morgan fingerprint density at radius 3 is 2.55 bits per heavy atom. The number of hydrazine groups is 1. The van der Waals surface area contributed by atoms with Crippen molar-refractivity contribution in [3.8, 4) is 5.75 Å². The van der Waals surface area contributed by atoms with Gasteiger partial charge in [0.1, 0.15) is 11.4 Å². The summed E-state index contributed by atoms with van der Waals surface area (Å²) in [5.41, 5.74) is 5.59. The van der Waals surface area contributed by atoms with Gasteiger partial charge in [-0.05, 0) is 30.3 Å². The first-order chi connectivity index (χ1) is 10.6. The number of aromatic nitrogens is 1. The van der Waals surface area contributed by atoms with Crippen molar-refractivity contribution in [1.29, 1.82) is 0 Å². The van der Waals surface area contributed by atoms with E-state index >= 15 is 0 Å². The molecule has 2 rings (SSSR count). The summed E-state index contributed by atoms with van der Waals surface area (Å²) in [5, 5.41) is 3.33. The summed E-state index contributed by atoms with van der Waals surface area (Å²) >= 11 is 5.69. The van der Waals surface area contributed by atoms with Gasteiger partial charge in [-0.1, -0.05) is 11.6 Å². The maximum Gasteiger partial charge on any atom is 0.286 e. The number of hydrogen-bond acceptors (Lipinski definition) is 4. The monoisotopic (exact) mass is 322 g/mol. The Balaban J connectivity index is 1.74. The topological polar surface area (TPSA) is 95.2 Å². The summed E-state index contributed by atoms with van der Waals surface area (Å²) in [7, 11) is 1.58. The molecule has 0 bridgehead atoms. The predicted octanol–water partition coefficient (Wildman–Crippen LogP) is 1.55. The number of benzene rings is 1. The number of ether oxygens (including phenoxy) is 1. The van der Waals surface area contributed by atoms with Crippen molar-refractivity contribution in [2.75, 3.05) is 19.0 Å². The lowest BCUT2D eigenvalue weighted by Gasteiger charge is -2.09. The van der Waals surface area contributed by atoms with Gasteiger partial charge in [0, 0.05) is 11.9 Å². The van der Waals surface area contributed by atoms with E-state index in [1.54, 1.807) is 31.4 Å². The van der Waals surface area contributed by atoms with Crippen molar-refractivity contribution in [2.45, 2.75) is 0 Å². The third kappa shape index (κ3) is 4.42. The predicted molar refractivity (Wildman–Crippen MR) is 82.9 cm³/mol. The molecule has 116 valence electrons. The molecule has 0 spiro atoms. The molecule has 0 unspecified atom stereocenters. The van der Waals surface area contributed by atoms with Crippen LogP contribution in [0.1, 0.15) is 10.5 Å². The highest BCUT2D eigenvalue weighted by molar-refractivity contribution is 6.30. The molecular formula is C14H15ClN4O3. The zero-order chi connectivity index (χ0) is 15.9. The third-order valence-electron chi connectivity index (χ3n) is 2.75. The van der Waals surface area contributed by atoms with Crippen LogP contribution in [0, 0.1) is 0 Å². The number of anilines is 1. The van der Waals surface area contributed by atoms with Gasteiger partial charge >= 0.3 is 0 Å². The van der Waals surface area contributed by atoms with E-state index < -0.39 is 5.91 Å². The first kappa shape index (κ1) is 15.7. The number of methoxy groups -OCH3 is 1. The molecule has 0 radical (unpaired) electrons. The van der Waals surface area contributed by atoms with Gasteiger partial charge in [0.05, 0.1) is 18.7 Å². The minimum absolute atomic E-state index is 0.0120. The fraction of sp³-hybridized carbons (Fsp3) is 0.143. The number of rotatable bonds is 5. The van der Waals surface area contributed by atoms with Crippen LogP contribution in [0.25, 0.3) is 0 Å². The summed E-state index contributed by atoms with van der Waals surface area (Å²) < 4.78 is 5.04. The van der Waals surface area contributed by atoms with Crippen molar-refractivity contribution in [2.24, 2.45) is 0 Å². The van der Waals surface area contributed by atoms with E-state index in [-0.39, 0.29) is 18.1 Å². The second-order valence-electron chi connectivity index (χ2n) is 4.32. The zero-order valence-electron chi connectivity index (χ0n) is 11.8. The highest BCUT2D eigenvalue weighted by Crippen LogP contribution is 2.14. The average Bonchev–Trinajstić information content (AvgIpc) is 2.97. The van der Waals surface area contributed by atoms with Gasteiger partial charge in [-0.2, -0.15) is 0 Å². The molecule has 4 N–H and O–H groups in total. The van der Waals surface area contributed by atoms with Gasteiger partial charge < -0.3 is 15.0 Å². The van der Waals surface area contributed by atoms with Crippen LogP contribution in [0.3, 0.4) is 0 Å². The van der Waals surface area contributed by atoms with E-state index in [2.05, 4.69) is 21.2 Å². The summed E-state index contributed by atoms with van der Waals surface area (Å²) in [4.78, 5) is 26.0. The Hall–Kier alpha value is -2.67. The molecule has 1 heterocycles. The zero-order valence-corrected chi connectivity index (χ0v) is 12.5. The normalized spacial score (nSPS) is 9.91. The molecule has 0 fully saturated rings. The van der Waals surface area contributed by atoms with Gasteiger partial charge in [0.15, 0.2) is 0 Å². The Morgan fingerprint density at radius 2 is 1.95 bits per heavy atom. The van der Waals surface area contributed by atoms with Gasteiger partial charge in [-0.3, -0.25) is 20.4 Å². The molecule has 2 aromatic rings. The molecule has 2 amide bonds. The van der Waals surface area contributed by atoms with E-state index in [0.717, 1.165) is 11.4 Å². The van der Waals surface area contributed by atoms with Crippen LogP contribution in [0.4, 0.5) is 5.69 Å². The van der Waals surface area contributed by atoms with Crippen molar-refractivity contribution >= 4 is 29.1 Å². The van der Waals surface area contributed by atoms with Crippen LogP contribution in [0.2, 0.25) is 5.02 Å². The second-order valence-corrected chi connectivity index (χ2v) is 4.75. The van der Waals surface area contributed by atoms with Gasteiger partial charge in [0.25, 0.3) is 11.8 Å². The molecule has 0 aliphatic heterocycles. The maximum atomic E-state index is 11.7. The smallest absolute Gasteiger partial charge is 0.286 e. The fourth-order valence-corrected chi connectivity index (χ4v) is 1.79. The summed E-state index contributed by atoms with van der Waals surface area (Å²) in [5.74, 6) is -0.140. The number of H-pyrrole nitrogens is 1. The summed E-state index contributed by atoms with van der Waals surface area (Å²) in [6, 6.07) is 8.57. The molecule has 1 aromatic carbocycles. The number of carbonyl (C=O) groups excluding carboxylic acids is 2. The minimum atomic E-state index is -0.482. The van der Waals surface area contributed by atoms with Crippen LogP contribution in [0.5, 0.6) is 5.75 Å². The van der Waals surface area contributed by atoms with Crippen molar-refractivity contribution in [3.63, 3.8) is 0 Å². The SMILES string of the molecule is COc1ccc(NCC(=O)NNC(=O)c2cc(Cl)c[nH]2)cc1. The van der Waals surface area contributed by atoms with Crippen molar-refractivity contribution in [1.82, 2.24) is 15.8 Å². The first-order valence-electron chi connectivity index (χ1n) is 6.39. The molecule has 0 aliphatic carbocycles. The van der Waals surface area contributed by atoms with E-state index in [9.17, 15) is 9.59 Å². The van der Waals surface area contributed by atoms with Crippen LogP contribution in [0.15, 0.2) is 36.5 Å². The van der Waals surface area contributed by atoms with Crippen LogP contribution in [-0.4, -0.2) is 30.5 Å². The molecule has 0 saturated heterocycles. The lowest BCUT2D eigenvalue weighted by atomic mass is 10.3. The van der Waals surface area contributed by atoms with Gasteiger partial charge in [0.2, 0.25) is 0 Å². The highest BCUT2D eigenvalue weighted by Gasteiger charge is 2.09. The van der Waals surface area contributed by atoms with Crippen molar-refractivity contribution < 1.29 is 14.3 Å². The number of halogens is 1. The Bertz CT molecular complexity index is 654. The Morgan fingerprint density at radius 1 is 1.23 bits per heavy atom. The third-order valence-corrected chi connectivity index (χ3v) is 2.97. The number of nitrogens with one attached hydrogen (secondary N) is 4. The largest absolute Gasteiger partial charge is 0.497 e. The molecule has 7 nitrogen and oxygen atoms in total. The van der Waals surface area contributed by atoms with E-state index in [1.165, 1.54) is 12.3 Å². The lowest BCUT2D eigenvalue weighted by molar-refractivity contribution is -0.120. The molecular weight excluding hydrogens is 308 g/mol. The Labute approximate surface area is 132 Å². The number of hydrogen-bond donors (Lipinski definition) is 4.